The van der Waals surface area contributed by atoms with E-state index in [1.165, 1.54) is 0 Å². The van der Waals surface area contributed by atoms with Crippen molar-refractivity contribution in [3.05, 3.63) is 11.6 Å². The van der Waals surface area contributed by atoms with E-state index in [0.29, 0.717) is 5.57 Å². The number of aliphatic carboxylic acids is 1. The smallest absolute Gasteiger partial charge is 0.466 e. The van der Waals surface area contributed by atoms with Crippen LogP contribution in [0.4, 0.5) is 0 Å². The zero-order valence-electron chi connectivity index (χ0n) is 12.1. The van der Waals surface area contributed by atoms with Crippen molar-refractivity contribution in [3.8, 4) is 0 Å². The van der Waals surface area contributed by atoms with E-state index in [4.69, 9.17) is 24.4 Å². The number of phosphoric acid groups is 1. The Morgan fingerprint density at radius 1 is 1.25 bits per heavy atom. The van der Waals surface area contributed by atoms with E-state index in [-0.39, 0.29) is 5.92 Å². The van der Waals surface area contributed by atoms with Gasteiger partial charge in [-0.25, -0.2) is 9.36 Å². The summed E-state index contributed by atoms with van der Waals surface area (Å²) in [6, 6.07) is 0. The van der Waals surface area contributed by atoms with E-state index in [9.17, 15) is 9.90 Å². The number of carbonyl (C=O) groups is 1. The van der Waals surface area contributed by atoms with Crippen molar-refractivity contribution in [1.29, 1.82) is 0 Å². The van der Waals surface area contributed by atoms with Crippen LogP contribution in [0.2, 0.25) is 0 Å². The summed E-state index contributed by atoms with van der Waals surface area (Å²) in [4.78, 5) is 32.2. The number of unbranched alkanes of at least 4 members (excludes halogenated alkanes) is 2. The minimum absolute atomic E-state index is 0.0346. The lowest BCUT2D eigenvalue weighted by Crippen LogP contribution is -2.16. The van der Waals surface area contributed by atoms with Gasteiger partial charge in [0.1, 0.15) is 0 Å². The van der Waals surface area contributed by atoms with Gasteiger partial charge >= 0.3 is 13.8 Å². The van der Waals surface area contributed by atoms with Crippen LogP contribution in [0.25, 0.3) is 0 Å². The predicted molar refractivity (Wildman–Crippen MR) is 75.0 cm³/mol. The standard InChI is InChI=1S/C12H22O3.H3O4P/c1-4-5-6-7-11(10(3)13)8-9(2)12(14)15;1-5(2,3)4/h8,10-11,13H,4-7H2,1-3H3,(H,14,15);(H3,1,2,3,4). The minimum Gasteiger partial charge on any atom is -0.478 e. The highest BCUT2D eigenvalue weighted by atomic mass is 31.2. The molecule has 0 rings (SSSR count). The molecule has 0 amide bonds. The number of carboxylic acid groups (broad SMARTS) is 1. The Labute approximate surface area is 119 Å². The van der Waals surface area contributed by atoms with Crippen molar-refractivity contribution in [2.45, 2.75) is 52.6 Å². The SMILES string of the molecule is CCCCCC(C=C(C)C(=O)O)C(C)O.O=P(O)(O)O. The number of rotatable bonds is 7. The quantitative estimate of drug-likeness (QED) is 0.274. The first kappa shape index (κ1) is 21.6. The molecule has 0 fully saturated rings. The zero-order valence-corrected chi connectivity index (χ0v) is 13.0. The first-order chi connectivity index (χ1) is 8.99. The molecule has 0 spiro atoms. The van der Waals surface area contributed by atoms with Gasteiger partial charge in [-0.05, 0) is 20.3 Å². The maximum atomic E-state index is 10.6. The Kier molecular flexibility index (Phi) is 11.9. The fourth-order valence-corrected chi connectivity index (χ4v) is 1.49. The van der Waals surface area contributed by atoms with Gasteiger partial charge in [-0.2, -0.15) is 0 Å². The molecule has 5 N–H and O–H groups in total. The maximum Gasteiger partial charge on any atom is 0.466 e. The lowest BCUT2D eigenvalue weighted by Gasteiger charge is -2.16. The zero-order chi connectivity index (χ0) is 16.3. The molecule has 0 heterocycles. The van der Waals surface area contributed by atoms with E-state index >= 15 is 0 Å². The molecule has 0 aromatic rings. The molecule has 0 saturated heterocycles. The third kappa shape index (κ3) is 17.3. The van der Waals surface area contributed by atoms with Crippen LogP contribution in [-0.2, 0) is 9.36 Å². The van der Waals surface area contributed by atoms with E-state index in [2.05, 4.69) is 6.92 Å². The molecule has 0 aromatic heterocycles. The van der Waals surface area contributed by atoms with Gasteiger partial charge in [0.2, 0.25) is 0 Å². The molecule has 7 nitrogen and oxygen atoms in total. The molecule has 8 heteroatoms. The second-order valence-electron chi connectivity index (χ2n) is 4.57. The molecule has 0 aliphatic rings. The van der Waals surface area contributed by atoms with E-state index in [0.717, 1.165) is 25.7 Å². The number of carboxylic acids is 1. The number of hydrogen-bond donors (Lipinski definition) is 5. The third-order valence-electron chi connectivity index (χ3n) is 2.56. The fourth-order valence-electron chi connectivity index (χ4n) is 1.49. The molecule has 0 aromatic carbocycles. The summed E-state index contributed by atoms with van der Waals surface area (Å²) in [5, 5.41) is 18.2. The molecule has 2 unspecified atom stereocenters. The third-order valence-corrected chi connectivity index (χ3v) is 2.56. The number of aliphatic hydroxyl groups excluding tert-OH is 1. The summed E-state index contributed by atoms with van der Waals surface area (Å²) >= 11 is 0. The van der Waals surface area contributed by atoms with Crippen LogP contribution in [0, 0.1) is 5.92 Å². The average Bonchev–Trinajstić information content (AvgIpc) is 2.25. The van der Waals surface area contributed by atoms with Gasteiger partial charge in [0.15, 0.2) is 0 Å². The molecule has 20 heavy (non-hydrogen) atoms. The van der Waals surface area contributed by atoms with Crippen LogP contribution >= 0.6 is 7.82 Å². The van der Waals surface area contributed by atoms with Crippen molar-refractivity contribution >= 4 is 13.8 Å². The van der Waals surface area contributed by atoms with Gasteiger partial charge < -0.3 is 24.9 Å². The second-order valence-corrected chi connectivity index (χ2v) is 5.59. The van der Waals surface area contributed by atoms with Crippen LogP contribution in [-0.4, -0.2) is 37.0 Å². The summed E-state index contributed by atoms with van der Waals surface area (Å²) in [6.07, 6.45) is 5.35. The highest BCUT2D eigenvalue weighted by Gasteiger charge is 2.13. The van der Waals surface area contributed by atoms with Gasteiger partial charge in [0, 0.05) is 11.5 Å². The van der Waals surface area contributed by atoms with Crippen LogP contribution in [0.1, 0.15) is 46.5 Å². The Morgan fingerprint density at radius 3 is 2.00 bits per heavy atom. The maximum absolute atomic E-state index is 10.6. The average molecular weight is 312 g/mol. The van der Waals surface area contributed by atoms with E-state index in [1.54, 1.807) is 19.9 Å². The first-order valence-electron chi connectivity index (χ1n) is 6.37. The van der Waals surface area contributed by atoms with Gasteiger partial charge in [-0.15, -0.1) is 0 Å². The van der Waals surface area contributed by atoms with Crippen molar-refractivity contribution < 1.29 is 34.3 Å². The summed E-state index contributed by atoms with van der Waals surface area (Å²) in [5.74, 6) is -0.941. The number of hydrogen-bond acceptors (Lipinski definition) is 3. The lowest BCUT2D eigenvalue weighted by atomic mass is 9.94. The molecule has 0 bridgehead atoms. The molecular weight excluding hydrogens is 287 g/mol. The topological polar surface area (TPSA) is 135 Å². The Balaban J connectivity index is 0. The Bertz CT molecular complexity index is 337. The summed E-state index contributed by atoms with van der Waals surface area (Å²) in [6.45, 7) is 5.40. The predicted octanol–water partition coefficient (Wildman–Crippen LogP) is 1.67. The lowest BCUT2D eigenvalue weighted by molar-refractivity contribution is -0.132. The minimum atomic E-state index is -4.64. The molecule has 0 aliphatic carbocycles. The molecular formula is C12H25O7P. The van der Waals surface area contributed by atoms with Crippen molar-refractivity contribution in [3.63, 3.8) is 0 Å². The van der Waals surface area contributed by atoms with Gasteiger partial charge in [0.25, 0.3) is 0 Å². The first-order valence-corrected chi connectivity index (χ1v) is 7.93. The summed E-state index contributed by atoms with van der Waals surface area (Å²) in [7, 11) is -4.64. The summed E-state index contributed by atoms with van der Waals surface area (Å²) in [5.41, 5.74) is 0.317. The highest BCUT2D eigenvalue weighted by molar-refractivity contribution is 7.45. The van der Waals surface area contributed by atoms with E-state index < -0.39 is 19.9 Å². The highest BCUT2D eigenvalue weighted by Crippen LogP contribution is 2.25. The molecule has 0 radical (unpaired) electrons. The fraction of sp³-hybridized carbons (Fsp3) is 0.750. The van der Waals surface area contributed by atoms with Gasteiger partial charge in [0.05, 0.1) is 6.10 Å². The molecule has 120 valence electrons. The Morgan fingerprint density at radius 2 is 1.70 bits per heavy atom. The van der Waals surface area contributed by atoms with Crippen LogP contribution in [0.3, 0.4) is 0 Å². The van der Waals surface area contributed by atoms with Crippen molar-refractivity contribution in [1.82, 2.24) is 0 Å². The number of aliphatic hydroxyl groups is 1. The second kappa shape index (κ2) is 11.0. The largest absolute Gasteiger partial charge is 0.478 e. The van der Waals surface area contributed by atoms with Gasteiger partial charge in [-0.1, -0.05) is 32.3 Å². The van der Waals surface area contributed by atoms with Crippen molar-refractivity contribution in [2.24, 2.45) is 5.92 Å². The van der Waals surface area contributed by atoms with Gasteiger partial charge in [-0.3, -0.25) is 0 Å². The molecule has 2 atom stereocenters. The van der Waals surface area contributed by atoms with Crippen molar-refractivity contribution in [2.75, 3.05) is 0 Å². The monoisotopic (exact) mass is 312 g/mol. The van der Waals surface area contributed by atoms with E-state index in [1.807, 2.05) is 0 Å². The van der Waals surface area contributed by atoms with Crippen LogP contribution in [0.5, 0.6) is 0 Å². The summed E-state index contributed by atoms with van der Waals surface area (Å²) < 4.78 is 8.88. The van der Waals surface area contributed by atoms with Crippen LogP contribution < -0.4 is 0 Å². The Hall–Kier alpha value is -0.720. The molecule has 0 aliphatic heterocycles. The molecule has 0 saturated carbocycles. The van der Waals surface area contributed by atoms with Crippen LogP contribution in [0.15, 0.2) is 11.6 Å². The normalized spacial score (nSPS) is 15.1.